The van der Waals surface area contributed by atoms with E-state index in [-0.39, 0.29) is 29.6 Å². The summed E-state index contributed by atoms with van der Waals surface area (Å²) in [6.07, 6.45) is 15.0. The van der Waals surface area contributed by atoms with Gasteiger partial charge in [-0.2, -0.15) is 13.2 Å². The highest BCUT2D eigenvalue weighted by atomic mass is 35.5. The van der Waals surface area contributed by atoms with Crippen molar-refractivity contribution in [1.29, 1.82) is 0 Å². The maximum Gasteiger partial charge on any atom is 0.379 e. The fraction of sp³-hybridized carbons (Fsp3) is 0.438. The van der Waals surface area contributed by atoms with Gasteiger partial charge in [-0.3, -0.25) is 9.59 Å². The first kappa shape index (κ1) is 33.0. The number of rotatable bonds is 6. The highest BCUT2D eigenvalue weighted by molar-refractivity contribution is 6.31. The Morgan fingerprint density at radius 3 is 2.31 bits per heavy atom. The lowest BCUT2D eigenvalue weighted by Gasteiger charge is -2.20. The van der Waals surface area contributed by atoms with E-state index < -0.39 is 12.6 Å². The number of carboxylic acids is 1. The van der Waals surface area contributed by atoms with Gasteiger partial charge < -0.3 is 10.8 Å². The van der Waals surface area contributed by atoms with Crippen LogP contribution in [0.3, 0.4) is 0 Å². The fourth-order valence-corrected chi connectivity index (χ4v) is 5.47. The average Bonchev–Trinajstić information content (AvgIpc) is 3.42. The molecule has 3 aliphatic carbocycles. The third-order valence-corrected chi connectivity index (χ3v) is 7.93. The van der Waals surface area contributed by atoms with Crippen molar-refractivity contribution in [2.45, 2.75) is 71.4 Å². The zero-order chi connectivity index (χ0) is 30.8. The van der Waals surface area contributed by atoms with Crippen LogP contribution >= 0.6 is 11.6 Å². The van der Waals surface area contributed by atoms with Gasteiger partial charge in [0.05, 0.1) is 33.9 Å². The molecule has 5 rings (SSSR count). The number of carboxylic acid groups (broad SMARTS) is 1. The lowest BCUT2D eigenvalue weighted by atomic mass is 9.91. The molecule has 1 saturated carbocycles. The molecule has 4 atom stereocenters. The number of allylic oxidation sites excluding steroid dienone is 4. The molecule has 0 radical (unpaired) electrons. The summed E-state index contributed by atoms with van der Waals surface area (Å²) in [7, 11) is 0. The number of hydrogen-bond acceptors (Lipinski definition) is 4. The number of aliphatic carboxylic acids is 1. The summed E-state index contributed by atoms with van der Waals surface area (Å²) in [5.41, 5.74) is 10.0. The molecule has 4 unspecified atom stereocenters. The summed E-state index contributed by atoms with van der Waals surface area (Å²) < 4.78 is 29.0. The number of carbonyl (C=O) groups excluding carboxylic acids is 1. The Labute approximate surface area is 248 Å². The third kappa shape index (κ3) is 9.82. The Hall–Kier alpha value is -3.46. The number of carbonyl (C=O) groups is 2. The van der Waals surface area contributed by atoms with Crippen LogP contribution in [0.1, 0.15) is 67.5 Å². The minimum absolute atomic E-state index is 0.0873. The fourth-order valence-electron chi connectivity index (χ4n) is 5.31. The molecule has 0 saturated heterocycles. The smallest absolute Gasteiger partial charge is 0.379 e. The quantitative estimate of drug-likeness (QED) is 0.454. The highest BCUT2D eigenvalue weighted by Crippen LogP contribution is 2.35. The number of nitrogens with zero attached hydrogens (tertiary/aromatic N) is 2. The minimum atomic E-state index is -3.67. The summed E-state index contributed by atoms with van der Waals surface area (Å²) >= 11 is 6.08. The van der Waals surface area contributed by atoms with Gasteiger partial charge in [0.1, 0.15) is 0 Å². The van der Waals surface area contributed by atoms with E-state index in [2.05, 4.69) is 44.2 Å². The van der Waals surface area contributed by atoms with Crippen LogP contribution in [0.15, 0.2) is 47.5 Å². The highest BCUT2D eigenvalue weighted by Gasteiger charge is 2.31. The van der Waals surface area contributed by atoms with Gasteiger partial charge in [0.2, 0.25) is 5.91 Å². The summed E-state index contributed by atoms with van der Waals surface area (Å²) in [6, 6.07) is 8.66. The second-order valence-corrected chi connectivity index (χ2v) is 11.2. The number of hydrogen-bond donors (Lipinski definition) is 2. The number of fused-ring (bicyclic) bond motifs is 1. The minimum Gasteiger partial charge on any atom is -0.481 e. The van der Waals surface area contributed by atoms with Crippen molar-refractivity contribution in [3.05, 3.63) is 80.7 Å². The molecule has 1 fully saturated rings. The van der Waals surface area contributed by atoms with Crippen molar-refractivity contribution >= 4 is 35.6 Å². The number of aryl methyl sites for hydroxylation is 2. The van der Waals surface area contributed by atoms with E-state index in [1.54, 1.807) is 6.08 Å². The predicted octanol–water partition coefficient (Wildman–Crippen LogP) is 5.49. The van der Waals surface area contributed by atoms with E-state index >= 15 is 0 Å². The standard InChI is InChI=1S/C22H24ClN3O3.C9H12.CHF3/c23-16-6-3-13(4-7-16)20-19(10-12-1-2-15(9-12)22(28)29)25-18-11-14(21(24)27)5-8-17(18)26-20;1-3-9-6-4-8(2)5-7-9;2-1(3)4/h3,6-8,11-15H,1-2,4-5,9-10H2,(H2,24,27)(H,28,29);4-7H,3H2,1-2H3;1H. The van der Waals surface area contributed by atoms with E-state index in [0.29, 0.717) is 31.0 Å². The van der Waals surface area contributed by atoms with Crippen molar-refractivity contribution in [2.75, 3.05) is 0 Å². The lowest BCUT2D eigenvalue weighted by molar-refractivity contribution is -0.141. The molecule has 10 heteroatoms. The van der Waals surface area contributed by atoms with Crippen molar-refractivity contribution in [1.82, 2.24) is 9.97 Å². The van der Waals surface area contributed by atoms with E-state index in [1.807, 2.05) is 18.2 Å². The van der Waals surface area contributed by atoms with Crippen molar-refractivity contribution in [3.63, 3.8) is 0 Å². The molecular formula is C32H37ClF3N3O3. The van der Waals surface area contributed by atoms with Gasteiger partial charge in [0.25, 0.3) is 0 Å². The van der Waals surface area contributed by atoms with Crippen LogP contribution < -0.4 is 16.4 Å². The maximum atomic E-state index is 11.6. The Balaban J connectivity index is 0.000000309. The van der Waals surface area contributed by atoms with Crippen molar-refractivity contribution < 1.29 is 27.9 Å². The largest absolute Gasteiger partial charge is 0.481 e. The molecule has 0 bridgehead atoms. The summed E-state index contributed by atoms with van der Waals surface area (Å²) in [6.45, 7) is 0.615. The molecule has 0 aliphatic heterocycles. The molecule has 3 N–H and O–H groups in total. The molecule has 226 valence electrons. The number of amides is 1. The van der Waals surface area contributed by atoms with Crippen LogP contribution in [0.2, 0.25) is 0 Å². The van der Waals surface area contributed by atoms with Gasteiger partial charge in [-0.25, -0.2) is 9.97 Å². The van der Waals surface area contributed by atoms with E-state index in [1.165, 1.54) is 11.1 Å². The molecule has 1 aromatic carbocycles. The second kappa shape index (κ2) is 15.7. The second-order valence-electron chi connectivity index (χ2n) is 10.7. The molecular weight excluding hydrogens is 567 g/mol. The van der Waals surface area contributed by atoms with Crippen LogP contribution in [0.5, 0.6) is 0 Å². The molecule has 6 nitrogen and oxygen atoms in total. The summed E-state index contributed by atoms with van der Waals surface area (Å²) in [4.78, 5) is 32.7. The van der Waals surface area contributed by atoms with Crippen LogP contribution in [-0.2, 0) is 22.4 Å². The zero-order valence-corrected chi connectivity index (χ0v) is 24.5. The number of primary amides is 1. The Bertz CT molecular complexity index is 1420. The number of aromatic nitrogens is 2. The first-order valence-corrected chi connectivity index (χ1v) is 14.5. The Morgan fingerprint density at radius 1 is 1.07 bits per heavy atom. The molecule has 42 heavy (non-hydrogen) atoms. The van der Waals surface area contributed by atoms with Gasteiger partial charge in [-0.15, -0.1) is 0 Å². The zero-order valence-electron chi connectivity index (χ0n) is 23.8. The van der Waals surface area contributed by atoms with Crippen LogP contribution in [0.25, 0.3) is 12.2 Å². The van der Waals surface area contributed by atoms with Gasteiger partial charge in [-0.05, 0) is 75.5 Å². The van der Waals surface area contributed by atoms with E-state index in [0.717, 1.165) is 41.0 Å². The molecule has 1 heterocycles. The SMILES string of the molecule is CCc1ccc(C)cc1.FC(F)F.NC(=O)C1C=c2nc(CC3CCC(C(=O)O)C3)c(C3C=CC(Cl)=CC3)nc2=CC1. The average molecular weight is 604 g/mol. The van der Waals surface area contributed by atoms with Crippen LogP contribution in [-0.4, -0.2) is 33.6 Å². The number of benzene rings is 1. The van der Waals surface area contributed by atoms with Gasteiger partial charge in [0, 0.05) is 11.0 Å². The summed E-state index contributed by atoms with van der Waals surface area (Å²) in [5.74, 6) is -1.36. The molecule has 1 amide bonds. The van der Waals surface area contributed by atoms with Crippen molar-refractivity contribution in [3.8, 4) is 0 Å². The van der Waals surface area contributed by atoms with Crippen molar-refractivity contribution in [2.24, 2.45) is 23.5 Å². The third-order valence-electron chi connectivity index (χ3n) is 7.65. The molecule has 1 aromatic heterocycles. The normalized spacial score (nSPS) is 22.3. The number of alkyl halides is 3. The summed E-state index contributed by atoms with van der Waals surface area (Å²) in [5, 5.41) is 11.5. The molecule has 2 aromatic rings. The van der Waals surface area contributed by atoms with Crippen LogP contribution in [0, 0.1) is 24.7 Å². The van der Waals surface area contributed by atoms with Gasteiger partial charge in [-0.1, -0.05) is 66.6 Å². The monoisotopic (exact) mass is 603 g/mol. The van der Waals surface area contributed by atoms with E-state index in [9.17, 15) is 27.9 Å². The lowest BCUT2D eigenvalue weighted by Crippen LogP contribution is -2.40. The van der Waals surface area contributed by atoms with Gasteiger partial charge >= 0.3 is 12.6 Å². The first-order valence-electron chi connectivity index (χ1n) is 14.1. The molecule has 0 spiro atoms. The van der Waals surface area contributed by atoms with Gasteiger partial charge in [0.15, 0.2) is 0 Å². The van der Waals surface area contributed by atoms with E-state index in [4.69, 9.17) is 27.3 Å². The number of nitrogens with two attached hydrogens (primary N) is 1. The van der Waals surface area contributed by atoms with Crippen LogP contribution in [0.4, 0.5) is 13.2 Å². The Kier molecular flexibility index (Phi) is 12.3. The Morgan fingerprint density at radius 2 is 1.76 bits per heavy atom. The maximum absolute atomic E-state index is 11.6. The first-order chi connectivity index (χ1) is 20.0. The topological polar surface area (TPSA) is 106 Å². The number of halogens is 4. The predicted molar refractivity (Wildman–Crippen MR) is 158 cm³/mol. The molecule has 3 aliphatic rings.